The second-order valence-corrected chi connectivity index (χ2v) is 8.68. The van der Waals surface area contributed by atoms with E-state index in [0.717, 1.165) is 27.4 Å². The van der Waals surface area contributed by atoms with Gasteiger partial charge < -0.3 is 10.1 Å². The number of nitrogens with zero attached hydrogens (tertiary/aromatic N) is 1. The lowest BCUT2D eigenvalue weighted by atomic mass is 10.0. The van der Waals surface area contributed by atoms with Crippen LogP contribution in [0.25, 0.3) is 0 Å². The Hall–Kier alpha value is -2.54. The van der Waals surface area contributed by atoms with Crippen LogP contribution >= 0.6 is 0 Å². The van der Waals surface area contributed by atoms with Crippen LogP contribution in [0.15, 0.2) is 48.5 Å². The van der Waals surface area contributed by atoms with Crippen LogP contribution in [0, 0.1) is 6.92 Å². The SMILES string of the molecule is CC[C@@H](NC(=O)[C@H](C)N(c1cccc(C)c1)S(C)(=O)=O)c1ccc(OC)cc1. The van der Waals surface area contributed by atoms with Gasteiger partial charge in [-0.05, 0) is 55.7 Å². The molecule has 2 aromatic rings. The van der Waals surface area contributed by atoms with Gasteiger partial charge in [-0.1, -0.05) is 31.2 Å². The molecule has 7 heteroatoms. The quantitative estimate of drug-likeness (QED) is 0.731. The minimum atomic E-state index is -3.64. The summed E-state index contributed by atoms with van der Waals surface area (Å²) in [5, 5.41) is 2.97. The average molecular weight is 405 g/mol. The number of hydrogen-bond acceptors (Lipinski definition) is 4. The highest BCUT2D eigenvalue weighted by atomic mass is 32.2. The smallest absolute Gasteiger partial charge is 0.244 e. The molecule has 2 rings (SSSR count). The summed E-state index contributed by atoms with van der Waals surface area (Å²) in [7, 11) is -2.04. The van der Waals surface area contributed by atoms with E-state index in [1.807, 2.05) is 44.2 Å². The molecule has 0 spiro atoms. The van der Waals surface area contributed by atoms with Crippen molar-refractivity contribution in [3.05, 3.63) is 59.7 Å². The lowest BCUT2D eigenvalue weighted by Gasteiger charge is -2.30. The summed E-state index contributed by atoms with van der Waals surface area (Å²) >= 11 is 0. The Bertz CT molecular complexity index is 910. The molecule has 0 saturated heterocycles. The fourth-order valence-corrected chi connectivity index (χ4v) is 4.29. The number of ether oxygens (including phenoxy) is 1. The van der Waals surface area contributed by atoms with E-state index in [1.54, 1.807) is 32.2 Å². The fourth-order valence-electron chi connectivity index (χ4n) is 3.12. The summed E-state index contributed by atoms with van der Waals surface area (Å²) in [5.41, 5.74) is 2.33. The number of aryl methyl sites for hydroxylation is 1. The predicted molar refractivity (Wildman–Crippen MR) is 112 cm³/mol. The summed E-state index contributed by atoms with van der Waals surface area (Å²) in [6, 6.07) is 13.5. The van der Waals surface area contributed by atoms with Crippen molar-refractivity contribution < 1.29 is 17.9 Å². The Morgan fingerprint density at radius 2 is 1.82 bits per heavy atom. The molecule has 0 aliphatic carbocycles. The number of carbonyl (C=O) groups excluding carboxylic acids is 1. The zero-order valence-electron chi connectivity index (χ0n) is 17.0. The third-order valence-electron chi connectivity index (χ3n) is 4.59. The van der Waals surface area contributed by atoms with E-state index in [2.05, 4.69) is 5.32 Å². The van der Waals surface area contributed by atoms with Gasteiger partial charge >= 0.3 is 0 Å². The van der Waals surface area contributed by atoms with Gasteiger partial charge in [0.25, 0.3) is 0 Å². The van der Waals surface area contributed by atoms with Crippen molar-refractivity contribution in [2.45, 2.75) is 39.3 Å². The highest BCUT2D eigenvalue weighted by Gasteiger charge is 2.30. The number of carbonyl (C=O) groups is 1. The van der Waals surface area contributed by atoms with E-state index in [-0.39, 0.29) is 11.9 Å². The van der Waals surface area contributed by atoms with Crippen molar-refractivity contribution in [1.29, 1.82) is 0 Å². The Labute approximate surface area is 167 Å². The standard InChI is InChI=1S/C21H28N2O4S/c1-6-20(17-10-12-19(27-4)13-11-17)22-21(24)16(3)23(28(5,25)26)18-9-7-8-15(2)14-18/h7-14,16,20H,6H2,1-5H3,(H,22,24)/t16-,20+/m0/s1. The van der Waals surface area contributed by atoms with Crippen molar-refractivity contribution in [2.75, 3.05) is 17.7 Å². The number of nitrogens with one attached hydrogen (secondary N) is 1. The zero-order valence-corrected chi connectivity index (χ0v) is 17.8. The van der Waals surface area contributed by atoms with Gasteiger partial charge in [0.05, 0.1) is 25.1 Å². The number of amides is 1. The summed E-state index contributed by atoms with van der Waals surface area (Å²) in [6.07, 6.45) is 1.79. The highest BCUT2D eigenvalue weighted by Crippen LogP contribution is 2.24. The first-order chi connectivity index (χ1) is 13.2. The van der Waals surface area contributed by atoms with Crippen molar-refractivity contribution >= 4 is 21.6 Å². The first-order valence-corrected chi connectivity index (χ1v) is 11.0. The molecule has 0 bridgehead atoms. The molecule has 2 aromatic carbocycles. The summed E-state index contributed by atoms with van der Waals surface area (Å²) < 4.78 is 31.2. The van der Waals surface area contributed by atoms with Crippen molar-refractivity contribution in [1.82, 2.24) is 5.32 Å². The molecule has 0 fully saturated rings. The maximum absolute atomic E-state index is 12.9. The molecule has 2 atom stereocenters. The Morgan fingerprint density at radius 3 is 2.32 bits per heavy atom. The number of rotatable bonds is 8. The minimum absolute atomic E-state index is 0.222. The van der Waals surface area contributed by atoms with Gasteiger partial charge in [0.15, 0.2) is 0 Å². The third kappa shape index (κ3) is 5.25. The van der Waals surface area contributed by atoms with Crippen LogP contribution < -0.4 is 14.4 Å². The van der Waals surface area contributed by atoms with Crippen LogP contribution in [0.4, 0.5) is 5.69 Å². The second-order valence-electron chi connectivity index (χ2n) is 6.82. The Morgan fingerprint density at radius 1 is 1.18 bits per heavy atom. The number of sulfonamides is 1. The number of methoxy groups -OCH3 is 1. The first kappa shape index (κ1) is 21.8. The monoisotopic (exact) mass is 404 g/mol. The van der Waals surface area contributed by atoms with Crippen LogP contribution in [0.2, 0.25) is 0 Å². The molecule has 0 aliphatic heterocycles. The van der Waals surface area contributed by atoms with Crippen LogP contribution in [0.1, 0.15) is 37.4 Å². The fraction of sp³-hybridized carbons (Fsp3) is 0.381. The van der Waals surface area contributed by atoms with E-state index >= 15 is 0 Å². The first-order valence-electron chi connectivity index (χ1n) is 9.17. The maximum Gasteiger partial charge on any atom is 0.244 e. The highest BCUT2D eigenvalue weighted by molar-refractivity contribution is 7.92. The minimum Gasteiger partial charge on any atom is -0.497 e. The molecule has 0 aliphatic rings. The van der Waals surface area contributed by atoms with Crippen LogP contribution in [0.3, 0.4) is 0 Å². The van der Waals surface area contributed by atoms with Crippen LogP contribution in [-0.2, 0) is 14.8 Å². The number of benzene rings is 2. The number of anilines is 1. The molecule has 0 heterocycles. The van der Waals surface area contributed by atoms with Gasteiger partial charge in [-0.25, -0.2) is 8.42 Å². The molecule has 1 N–H and O–H groups in total. The summed E-state index contributed by atoms with van der Waals surface area (Å²) in [6.45, 7) is 5.44. The average Bonchev–Trinajstić information content (AvgIpc) is 2.65. The number of hydrogen-bond donors (Lipinski definition) is 1. The molecular formula is C21H28N2O4S. The van der Waals surface area contributed by atoms with E-state index in [4.69, 9.17) is 4.74 Å². The van der Waals surface area contributed by atoms with Crippen LogP contribution in [0.5, 0.6) is 5.75 Å². The molecule has 0 aromatic heterocycles. The van der Waals surface area contributed by atoms with E-state index in [1.165, 1.54) is 0 Å². The summed E-state index contributed by atoms with van der Waals surface area (Å²) in [5.74, 6) is 0.385. The zero-order chi connectivity index (χ0) is 20.9. The van der Waals surface area contributed by atoms with Crippen molar-refractivity contribution in [2.24, 2.45) is 0 Å². The molecule has 0 saturated carbocycles. The topological polar surface area (TPSA) is 75.7 Å². The van der Waals surface area contributed by atoms with Crippen LogP contribution in [-0.4, -0.2) is 33.7 Å². The third-order valence-corrected chi connectivity index (χ3v) is 5.83. The Kier molecular flexibility index (Phi) is 7.07. The largest absolute Gasteiger partial charge is 0.497 e. The molecule has 0 radical (unpaired) electrons. The lowest BCUT2D eigenvalue weighted by Crippen LogP contribution is -2.48. The summed E-state index contributed by atoms with van der Waals surface area (Å²) in [4.78, 5) is 12.9. The van der Waals surface area contributed by atoms with Gasteiger partial charge in [-0.2, -0.15) is 0 Å². The predicted octanol–water partition coefficient (Wildman–Crippen LogP) is 3.43. The van der Waals surface area contributed by atoms with Gasteiger partial charge in [0, 0.05) is 0 Å². The molecule has 6 nitrogen and oxygen atoms in total. The van der Waals surface area contributed by atoms with Gasteiger partial charge in [0.2, 0.25) is 15.9 Å². The molecular weight excluding hydrogens is 376 g/mol. The van der Waals surface area contributed by atoms with Gasteiger partial charge in [0.1, 0.15) is 11.8 Å². The van der Waals surface area contributed by atoms with E-state index in [9.17, 15) is 13.2 Å². The van der Waals surface area contributed by atoms with Crippen molar-refractivity contribution in [3.8, 4) is 5.75 Å². The molecule has 0 unspecified atom stereocenters. The second kappa shape index (κ2) is 9.10. The van der Waals surface area contributed by atoms with Gasteiger partial charge in [-0.15, -0.1) is 0 Å². The normalized spacial score (nSPS) is 13.5. The molecule has 152 valence electrons. The van der Waals surface area contributed by atoms with Crippen molar-refractivity contribution in [3.63, 3.8) is 0 Å². The maximum atomic E-state index is 12.9. The molecule has 1 amide bonds. The molecule has 28 heavy (non-hydrogen) atoms. The van der Waals surface area contributed by atoms with E-state index in [0.29, 0.717) is 12.1 Å². The van der Waals surface area contributed by atoms with E-state index < -0.39 is 16.1 Å². The lowest BCUT2D eigenvalue weighted by molar-refractivity contribution is -0.122. The Balaban J connectivity index is 2.26. The van der Waals surface area contributed by atoms with Gasteiger partial charge in [-0.3, -0.25) is 9.10 Å².